The van der Waals surface area contributed by atoms with Gasteiger partial charge in [-0.3, -0.25) is 0 Å². The topological polar surface area (TPSA) is 20.2 Å². The van der Waals surface area contributed by atoms with Crippen molar-refractivity contribution in [2.24, 2.45) is 23.7 Å². The highest BCUT2D eigenvalue weighted by atomic mass is 16.3. The lowest BCUT2D eigenvalue weighted by molar-refractivity contribution is -0.00595. The van der Waals surface area contributed by atoms with Crippen LogP contribution in [0.2, 0.25) is 0 Å². The van der Waals surface area contributed by atoms with Gasteiger partial charge in [0.2, 0.25) is 0 Å². The second-order valence-electron chi connectivity index (χ2n) is 5.42. The van der Waals surface area contributed by atoms with Crippen LogP contribution in [0.1, 0.15) is 44.9 Å². The first-order valence-electron chi connectivity index (χ1n) is 6.04. The van der Waals surface area contributed by atoms with Crippen molar-refractivity contribution in [2.75, 3.05) is 0 Å². The van der Waals surface area contributed by atoms with Crippen molar-refractivity contribution in [3.05, 3.63) is 0 Å². The summed E-state index contributed by atoms with van der Waals surface area (Å²) in [4.78, 5) is 0. The summed E-state index contributed by atoms with van der Waals surface area (Å²) in [6.07, 6.45) is 9.63. The van der Waals surface area contributed by atoms with Gasteiger partial charge in [0.15, 0.2) is 0 Å². The largest absolute Gasteiger partial charge is 0.393 e. The molecule has 3 aliphatic carbocycles. The smallest absolute Gasteiger partial charge is 0.0573 e. The highest BCUT2D eigenvalue weighted by molar-refractivity contribution is 4.97. The summed E-state index contributed by atoms with van der Waals surface area (Å²) in [5.41, 5.74) is 0. The van der Waals surface area contributed by atoms with Crippen LogP contribution in [-0.4, -0.2) is 11.2 Å². The van der Waals surface area contributed by atoms with Crippen molar-refractivity contribution in [3.8, 4) is 0 Å². The van der Waals surface area contributed by atoms with E-state index in [1.807, 2.05) is 0 Å². The number of aliphatic hydroxyl groups excluding tert-OH is 1. The third-order valence-electron chi connectivity index (χ3n) is 4.93. The van der Waals surface area contributed by atoms with Crippen LogP contribution in [-0.2, 0) is 0 Å². The van der Waals surface area contributed by atoms with Crippen LogP contribution in [0.5, 0.6) is 0 Å². The summed E-state index contributed by atoms with van der Waals surface area (Å²) in [6.45, 7) is 0. The average molecular weight is 180 g/mol. The highest BCUT2D eigenvalue weighted by Gasteiger charge is 2.47. The molecule has 0 heterocycles. The molecule has 0 unspecified atom stereocenters. The fraction of sp³-hybridized carbons (Fsp3) is 1.00. The lowest BCUT2D eigenvalue weighted by atomic mass is 9.68. The van der Waals surface area contributed by atoms with Crippen LogP contribution < -0.4 is 0 Å². The number of hydrogen-bond donors (Lipinski definition) is 1. The molecule has 5 atom stereocenters. The Morgan fingerprint density at radius 3 is 2.38 bits per heavy atom. The van der Waals surface area contributed by atoms with Gasteiger partial charge in [-0.25, -0.2) is 0 Å². The number of aliphatic hydroxyl groups is 1. The second-order valence-corrected chi connectivity index (χ2v) is 5.42. The third-order valence-corrected chi connectivity index (χ3v) is 4.93. The standard InChI is InChI=1S/C12H20O/c13-12-7-8-3-1-4-9(8)10-5-2-6-11(10)12/h8-13H,1-7H2/t8-,9-,10-,11+,12+/m1/s1. The minimum atomic E-state index is 0.0619. The molecular formula is C12H20O. The molecule has 1 N–H and O–H groups in total. The molecule has 3 saturated carbocycles. The highest BCUT2D eigenvalue weighted by Crippen LogP contribution is 2.53. The van der Waals surface area contributed by atoms with Crippen LogP contribution >= 0.6 is 0 Å². The van der Waals surface area contributed by atoms with Crippen LogP contribution in [0.3, 0.4) is 0 Å². The van der Waals surface area contributed by atoms with E-state index in [4.69, 9.17) is 0 Å². The van der Waals surface area contributed by atoms with Crippen molar-refractivity contribution in [3.63, 3.8) is 0 Å². The first-order valence-corrected chi connectivity index (χ1v) is 6.04. The molecule has 0 spiro atoms. The molecule has 1 nitrogen and oxygen atoms in total. The average Bonchev–Trinajstić information content (AvgIpc) is 2.66. The van der Waals surface area contributed by atoms with Crippen molar-refractivity contribution in [1.29, 1.82) is 0 Å². The fourth-order valence-corrected chi connectivity index (χ4v) is 4.43. The predicted molar refractivity (Wildman–Crippen MR) is 52.3 cm³/mol. The molecule has 3 fully saturated rings. The lowest BCUT2D eigenvalue weighted by Gasteiger charge is -2.39. The molecule has 0 aromatic heterocycles. The van der Waals surface area contributed by atoms with Gasteiger partial charge in [0.25, 0.3) is 0 Å². The molecule has 3 aliphatic rings. The van der Waals surface area contributed by atoms with Crippen molar-refractivity contribution >= 4 is 0 Å². The van der Waals surface area contributed by atoms with Gasteiger partial charge in [0.05, 0.1) is 6.10 Å². The first-order chi connectivity index (χ1) is 6.36. The molecular weight excluding hydrogens is 160 g/mol. The summed E-state index contributed by atoms with van der Waals surface area (Å²) < 4.78 is 0. The van der Waals surface area contributed by atoms with E-state index in [-0.39, 0.29) is 6.10 Å². The molecule has 0 bridgehead atoms. The summed E-state index contributed by atoms with van der Waals surface area (Å²) in [6, 6.07) is 0. The van der Waals surface area contributed by atoms with Crippen LogP contribution in [0.15, 0.2) is 0 Å². The zero-order chi connectivity index (χ0) is 8.84. The summed E-state index contributed by atoms with van der Waals surface area (Å²) in [5, 5.41) is 10.0. The van der Waals surface area contributed by atoms with Crippen LogP contribution in [0.4, 0.5) is 0 Å². The van der Waals surface area contributed by atoms with Gasteiger partial charge in [-0.05, 0) is 49.4 Å². The molecule has 0 radical (unpaired) electrons. The van der Waals surface area contributed by atoms with E-state index in [0.29, 0.717) is 5.92 Å². The maximum atomic E-state index is 10.0. The van der Waals surface area contributed by atoms with E-state index < -0.39 is 0 Å². The predicted octanol–water partition coefficient (Wildman–Crippen LogP) is 2.58. The van der Waals surface area contributed by atoms with Crippen LogP contribution in [0, 0.1) is 23.7 Å². The van der Waals surface area contributed by atoms with Gasteiger partial charge in [0.1, 0.15) is 0 Å². The quantitative estimate of drug-likeness (QED) is 0.607. The fourth-order valence-electron chi connectivity index (χ4n) is 4.43. The van der Waals surface area contributed by atoms with Crippen LogP contribution in [0.25, 0.3) is 0 Å². The van der Waals surface area contributed by atoms with Crippen molar-refractivity contribution < 1.29 is 5.11 Å². The Bertz CT molecular complexity index is 201. The zero-order valence-corrected chi connectivity index (χ0v) is 8.28. The molecule has 0 aromatic carbocycles. The van der Waals surface area contributed by atoms with Gasteiger partial charge >= 0.3 is 0 Å². The van der Waals surface area contributed by atoms with Crippen molar-refractivity contribution in [1.82, 2.24) is 0 Å². The molecule has 0 aromatic rings. The maximum absolute atomic E-state index is 10.0. The first kappa shape index (κ1) is 8.28. The van der Waals surface area contributed by atoms with E-state index >= 15 is 0 Å². The zero-order valence-electron chi connectivity index (χ0n) is 8.28. The van der Waals surface area contributed by atoms with E-state index in [2.05, 4.69) is 0 Å². The number of fused-ring (bicyclic) bond motifs is 3. The molecule has 0 amide bonds. The normalized spacial score (nSPS) is 54.7. The Kier molecular flexibility index (Phi) is 1.90. The molecule has 3 rings (SSSR count). The monoisotopic (exact) mass is 180 g/mol. The van der Waals surface area contributed by atoms with Gasteiger partial charge in [-0.1, -0.05) is 19.3 Å². The van der Waals surface area contributed by atoms with E-state index in [1.165, 1.54) is 38.5 Å². The Morgan fingerprint density at radius 2 is 1.46 bits per heavy atom. The molecule has 13 heavy (non-hydrogen) atoms. The Labute approximate surface area is 80.5 Å². The minimum absolute atomic E-state index is 0.0619. The maximum Gasteiger partial charge on any atom is 0.0573 e. The van der Waals surface area contributed by atoms with Gasteiger partial charge in [-0.2, -0.15) is 0 Å². The SMILES string of the molecule is O[C@H]1C[C@H]2CCC[C@H]2[C@H]2CCC[C@@H]21. The molecule has 0 saturated heterocycles. The number of rotatable bonds is 0. The minimum Gasteiger partial charge on any atom is -0.393 e. The summed E-state index contributed by atoms with van der Waals surface area (Å²) >= 11 is 0. The van der Waals surface area contributed by atoms with Crippen molar-refractivity contribution in [2.45, 2.75) is 51.0 Å². The van der Waals surface area contributed by atoms with E-state index in [9.17, 15) is 5.11 Å². The lowest BCUT2D eigenvalue weighted by Crippen LogP contribution is -2.38. The third kappa shape index (κ3) is 1.16. The molecule has 0 aliphatic heterocycles. The molecule has 1 heteroatoms. The summed E-state index contributed by atoms with van der Waals surface area (Å²) in [7, 11) is 0. The summed E-state index contributed by atoms with van der Waals surface area (Å²) in [5.74, 6) is 3.51. The van der Waals surface area contributed by atoms with Gasteiger partial charge in [0, 0.05) is 0 Å². The van der Waals surface area contributed by atoms with Gasteiger partial charge in [-0.15, -0.1) is 0 Å². The molecule has 74 valence electrons. The Morgan fingerprint density at radius 1 is 0.769 bits per heavy atom. The number of hydrogen-bond acceptors (Lipinski definition) is 1. The van der Waals surface area contributed by atoms with E-state index in [1.54, 1.807) is 0 Å². The second kappa shape index (κ2) is 2.98. The Balaban J connectivity index is 1.84. The Hall–Kier alpha value is -0.0400. The van der Waals surface area contributed by atoms with E-state index in [0.717, 1.165) is 24.2 Å². The van der Waals surface area contributed by atoms with Gasteiger partial charge < -0.3 is 5.11 Å².